The predicted octanol–water partition coefficient (Wildman–Crippen LogP) is 1.52. The highest BCUT2D eigenvalue weighted by Crippen LogP contribution is 2.18. The predicted molar refractivity (Wildman–Crippen MR) is 61.4 cm³/mol. The smallest absolute Gasteiger partial charge is 0.200 e. The SMILES string of the molecule is CCn1cc(CNC2CCCC2)nc1N. The normalized spacial score (nSPS) is 17.4. The van der Waals surface area contributed by atoms with Crippen LogP contribution in [0.1, 0.15) is 38.3 Å². The summed E-state index contributed by atoms with van der Waals surface area (Å²) in [6.07, 6.45) is 7.39. The summed E-state index contributed by atoms with van der Waals surface area (Å²) in [4.78, 5) is 4.32. The summed E-state index contributed by atoms with van der Waals surface area (Å²) in [6.45, 7) is 3.82. The molecule has 3 N–H and O–H groups in total. The number of hydrogen-bond donors (Lipinski definition) is 2. The van der Waals surface area contributed by atoms with E-state index in [0.717, 1.165) is 18.8 Å². The first-order valence-corrected chi connectivity index (χ1v) is 5.84. The van der Waals surface area contributed by atoms with Gasteiger partial charge in [-0.3, -0.25) is 0 Å². The number of hydrogen-bond acceptors (Lipinski definition) is 3. The second kappa shape index (κ2) is 4.66. The van der Waals surface area contributed by atoms with Gasteiger partial charge in [-0.25, -0.2) is 4.98 Å². The fourth-order valence-electron chi connectivity index (χ4n) is 2.20. The van der Waals surface area contributed by atoms with Crippen LogP contribution in [0.2, 0.25) is 0 Å². The lowest BCUT2D eigenvalue weighted by atomic mass is 10.2. The van der Waals surface area contributed by atoms with Gasteiger partial charge < -0.3 is 15.6 Å². The summed E-state index contributed by atoms with van der Waals surface area (Å²) in [5, 5.41) is 3.53. The zero-order chi connectivity index (χ0) is 10.7. The van der Waals surface area contributed by atoms with Crippen LogP contribution in [0.4, 0.5) is 5.95 Å². The van der Waals surface area contributed by atoms with Crippen LogP contribution in [0.5, 0.6) is 0 Å². The van der Waals surface area contributed by atoms with E-state index < -0.39 is 0 Å². The minimum Gasteiger partial charge on any atom is -0.369 e. The number of nitrogen functional groups attached to an aromatic ring is 1. The molecule has 84 valence electrons. The van der Waals surface area contributed by atoms with Gasteiger partial charge in [0.2, 0.25) is 0 Å². The summed E-state index contributed by atoms with van der Waals surface area (Å²) in [5.41, 5.74) is 6.82. The Morgan fingerprint density at radius 3 is 2.87 bits per heavy atom. The highest BCUT2D eigenvalue weighted by Gasteiger charge is 2.14. The van der Waals surface area contributed by atoms with E-state index in [0.29, 0.717) is 12.0 Å². The molecule has 0 saturated heterocycles. The molecule has 1 heterocycles. The molecular formula is C11H20N4. The zero-order valence-electron chi connectivity index (χ0n) is 9.37. The Kier molecular flexibility index (Phi) is 3.26. The lowest BCUT2D eigenvalue weighted by Crippen LogP contribution is -2.25. The number of nitrogens with zero attached hydrogens (tertiary/aromatic N) is 2. The summed E-state index contributed by atoms with van der Waals surface area (Å²) < 4.78 is 1.98. The number of anilines is 1. The van der Waals surface area contributed by atoms with E-state index in [1.807, 2.05) is 10.8 Å². The Morgan fingerprint density at radius 1 is 1.53 bits per heavy atom. The van der Waals surface area contributed by atoms with Crippen molar-refractivity contribution in [3.05, 3.63) is 11.9 Å². The van der Waals surface area contributed by atoms with Gasteiger partial charge >= 0.3 is 0 Å². The molecule has 0 spiro atoms. The number of nitrogens with one attached hydrogen (secondary N) is 1. The largest absolute Gasteiger partial charge is 0.369 e. The van der Waals surface area contributed by atoms with Gasteiger partial charge in [0.05, 0.1) is 5.69 Å². The van der Waals surface area contributed by atoms with Crippen LogP contribution in [-0.4, -0.2) is 15.6 Å². The number of aryl methyl sites for hydroxylation is 1. The fourth-order valence-corrected chi connectivity index (χ4v) is 2.20. The van der Waals surface area contributed by atoms with Crippen molar-refractivity contribution >= 4 is 5.95 Å². The highest BCUT2D eigenvalue weighted by atomic mass is 15.1. The van der Waals surface area contributed by atoms with Gasteiger partial charge in [0.1, 0.15) is 0 Å². The molecule has 0 aliphatic heterocycles. The molecule has 2 rings (SSSR count). The van der Waals surface area contributed by atoms with Crippen molar-refractivity contribution in [2.45, 2.75) is 51.7 Å². The Morgan fingerprint density at radius 2 is 2.27 bits per heavy atom. The standard InChI is InChI=1S/C11H20N4/c1-2-15-8-10(14-11(15)12)7-13-9-5-3-4-6-9/h8-9,13H,2-7H2,1H3,(H2,12,14). The zero-order valence-corrected chi connectivity index (χ0v) is 9.37. The molecule has 1 aliphatic carbocycles. The maximum atomic E-state index is 5.76. The van der Waals surface area contributed by atoms with Crippen LogP contribution in [-0.2, 0) is 13.1 Å². The number of aromatic nitrogens is 2. The first kappa shape index (κ1) is 10.5. The average Bonchev–Trinajstić information content (AvgIpc) is 2.83. The quantitative estimate of drug-likeness (QED) is 0.788. The van der Waals surface area contributed by atoms with Crippen molar-refractivity contribution in [1.29, 1.82) is 0 Å². The molecule has 4 heteroatoms. The van der Waals surface area contributed by atoms with Crippen LogP contribution < -0.4 is 11.1 Å². The van der Waals surface area contributed by atoms with Gasteiger partial charge in [-0.2, -0.15) is 0 Å². The molecule has 1 aromatic rings. The number of rotatable bonds is 4. The molecule has 0 unspecified atom stereocenters. The molecule has 0 aromatic carbocycles. The van der Waals surface area contributed by atoms with Gasteiger partial charge in [0.25, 0.3) is 0 Å². The van der Waals surface area contributed by atoms with E-state index >= 15 is 0 Å². The molecule has 0 amide bonds. The van der Waals surface area contributed by atoms with E-state index in [-0.39, 0.29) is 0 Å². The van der Waals surface area contributed by atoms with Gasteiger partial charge in [-0.05, 0) is 19.8 Å². The van der Waals surface area contributed by atoms with E-state index in [1.54, 1.807) is 0 Å². The Balaban J connectivity index is 1.87. The second-order valence-electron chi connectivity index (χ2n) is 4.24. The van der Waals surface area contributed by atoms with Crippen LogP contribution in [0.3, 0.4) is 0 Å². The molecule has 1 aliphatic rings. The van der Waals surface area contributed by atoms with Crippen molar-refractivity contribution in [1.82, 2.24) is 14.9 Å². The molecule has 0 radical (unpaired) electrons. The first-order valence-electron chi connectivity index (χ1n) is 5.84. The first-order chi connectivity index (χ1) is 7.29. The van der Waals surface area contributed by atoms with Crippen molar-refractivity contribution in [2.24, 2.45) is 0 Å². The lowest BCUT2D eigenvalue weighted by molar-refractivity contribution is 0.520. The molecule has 0 atom stereocenters. The molecular weight excluding hydrogens is 188 g/mol. The molecule has 1 saturated carbocycles. The maximum absolute atomic E-state index is 5.76. The molecule has 4 nitrogen and oxygen atoms in total. The monoisotopic (exact) mass is 208 g/mol. The summed E-state index contributed by atoms with van der Waals surface area (Å²) in [5.74, 6) is 0.626. The van der Waals surface area contributed by atoms with Gasteiger partial charge in [-0.15, -0.1) is 0 Å². The molecule has 15 heavy (non-hydrogen) atoms. The van der Waals surface area contributed by atoms with Crippen molar-refractivity contribution in [3.8, 4) is 0 Å². The van der Waals surface area contributed by atoms with Crippen LogP contribution in [0, 0.1) is 0 Å². The highest BCUT2D eigenvalue weighted by molar-refractivity contribution is 5.21. The van der Waals surface area contributed by atoms with E-state index in [4.69, 9.17) is 5.73 Å². The summed E-state index contributed by atoms with van der Waals surface area (Å²) in [6, 6.07) is 0.693. The van der Waals surface area contributed by atoms with E-state index in [2.05, 4.69) is 17.2 Å². The molecule has 0 bridgehead atoms. The van der Waals surface area contributed by atoms with Crippen LogP contribution >= 0.6 is 0 Å². The van der Waals surface area contributed by atoms with Gasteiger partial charge in [0, 0.05) is 25.3 Å². The van der Waals surface area contributed by atoms with Crippen LogP contribution in [0.15, 0.2) is 6.20 Å². The molecule has 1 aromatic heterocycles. The van der Waals surface area contributed by atoms with Gasteiger partial charge in [0.15, 0.2) is 5.95 Å². The van der Waals surface area contributed by atoms with E-state index in [9.17, 15) is 0 Å². The number of nitrogens with two attached hydrogens (primary N) is 1. The van der Waals surface area contributed by atoms with Crippen LogP contribution in [0.25, 0.3) is 0 Å². The summed E-state index contributed by atoms with van der Waals surface area (Å²) >= 11 is 0. The maximum Gasteiger partial charge on any atom is 0.200 e. The summed E-state index contributed by atoms with van der Waals surface area (Å²) in [7, 11) is 0. The van der Waals surface area contributed by atoms with Crippen molar-refractivity contribution in [3.63, 3.8) is 0 Å². The Hall–Kier alpha value is -1.03. The second-order valence-corrected chi connectivity index (χ2v) is 4.24. The van der Waals surface area contributed by atoms with Gasteiger partial charge in [-0.1, -0.05) is 12.8 Å². The third-order valence-electron chi connectivity index (χ3n) is 3.12. The average molecular weight is 208 g/mol. The van der Waals surface area contributed by atoms with E-state index in [1.165, 1.54) is 25.7 Å². The third-order valence-corrected chi connectivity index (χ3v) is 3.12. The lowest BCUT2D eigenvalue weighted by Gasteiger charge is -2.09. The number of imidazole rings is 1. The third kappa shape index (κ3) is 2.50. The topological polar surface area (TPSA) is 55.9 Å². The minimum atomic E-state index is 0.626. The van der Waals surface area contributed by atoms with Crippen molar-refractivity contribution in [2.75, 3.05) is 5.73 Å². The Bertz CT molecular complexity index is 312. The Labute approximate surface area is 90.9 Å². The minimum absolute atomic E-state index is 0.626. The van der Waals surface area contributed by atoms with Crippen molar-refractivity contribution < 1.29 is 0 Å². The fraction of sp³-hybridized carbons (Fsp3) is 0.727. The molecule has 1 fully saturated rings.